The fraction of sp³-hybridized carbons (Fsp3) is 0.375. The number of pyridine rings is 1. The van der Waals surface area contributed by atoms with Gasteiger partial charge in [-0.1, -0.05) is 0 Å². The molecule has 120 valence electrons. The molecule has 0 aliphatic carbocycles. The van der Waals surface area contributed by atoms with Gasteiger partial charge in [0, 0.05) is 12.7 Å². The minimum atomic E-state index is -5.46. The molecular weight excluding hydrogens is 332 g/mol. The molecule has 0 aliphatic rings. The number of hydrogen-bond acceptors (Lipinski definition) is 5. The zero-order chi connectivity index (χ0) is 16.6. The van der Waals surface area contributed by atoms with E-state index >= 15 is 0 Å². The molecule has 0 bridgehead atoms. The number of nitrogens with zero attached hydrogens (tertiary/aromatic N) is 1. The summed E-state index contributed by atoms with van der Waals surface area (Å²) in [5.41, 5.74) is 2.19. The Kier molecular flexibility index (Phi) is 4.41. The van der Waals surface area contributed by atoms with Crippen molar-refractivity contribution in [3.63, 3.8) is 0 Å². The van der Waals surface area contributed by atoms with Gasteiger partial charge in [0.05, 0.1) is 11.3 Å². The molecule has 0 saturated carbocycles. The van der Waals surface area contributed by atoms with Crippen LogP contribution in [0.2, 0.25) is 0 Å². The number of hydrogen-bond donors (Lipinski definition) is 2. The fourth-order valence-electron chi connectivity index (χ4n) is 1.36. The first-order valence-corrected chi connectivity index (χ1v) is 6.39. The minimum absolute atomic E-state index is 0.0190. The highest BCUT2D eigenvalue weighted by molar-refractivity contribution is 7.89. The third kappa shape index (κ3) is 4.18. The third-order valence-corrected chi connectivity index (χ3v) is 3.04. The van der Waals surface area contributed by atoms with Crippen LogP contribution in [0.25, 0.3) is 0 Å². The smallest absolute Gasteiger partial charge is 0.402 e. The van der Waals surface area contributed by atoms with E-state index in [-0.39, 0.29) is 6.20 Å². The highest BCUT2D eigenvalue weighted by atomic mass is 32.2. The van der Waals surface area contributed by atoms with E-state index in [1.54, 1.807) is 0 Å². The topological polar surface area (TPSA) is 108 Å². The van der Waals surface area contributed by atoms with Crippen LogP contribution >= 0.6 is 0 Å². The number of primary sulfonamides is 1. The zero-order valence-corrected chi connectivity index (χ0v) is 10.6. The van der Waals surface area contributed by atoms with Gasteiger partial charge in [-0.05, 0) is 0 Å². The van der Waals surface area contributed by atoms with Crippen molar-refractivity contribution in [2.24, 2.45) is 10.9 Å². The van der Waals surface area contributed by atoms with E-state index < -0.39 is 51.0 Å². The molecule has 0 amide bonds. The molecular formula is C8H7F6N3O3S. The summed E-state index contributed by atoms with van der Waals surface area (Å²) < 4.78 is 101. The van der Waals surface area contributed by atoms with Crippen molar-refractivity contribution in [1.29, 1.82) is 0 Å². The fourth-order valence-corrected chi connectivity index (χ4v) is 2.26. The molecule has 1 heterocycles. The lowest BCUT2D eigenvalue weighted by molar-refractivity contribution is -0.276. The first-order chi connectivity index (χ1) is 9.27. The van der Waals surface area contributed by atoms with Crippen molar-refractivity contribution >= 4 is 10.0 Å². The van der Waals surface area contributed by atoms with E-state index in [0.717, 1.165) is 0 Å². The lowest BCUT2D eigenvalue weighted by Gasteiger charge is -2.18. The monoisotopic (exact) mass is 339 g/mol. The molecule has 0 aromatic carbocycles. The molecule has 0 saturated heterocycles. The van der Waals surface area contributed by atoms with Crippen LogP contribution in [-0.2, 0) is 22.7 Å². The van der Waals surface area contributed by atoms with Crippen molar-refractivity contribution in [2.75, 3.05) is 0 Å². The maximum atomic E-state index is 12.7. The first kappa shape index (κ1) is 17.5. The van der Waals surface area contributed by atoms with E-state index in [0.29, 0.717) is 0 Å². The van der Waals surface area contributed by atoms with Crippen LogP contribution in [-0.4, -0.2) is 19.8 Å². The van der Waals surface area contributed by atoms with Gasteiger partial charge >= 0.3 is 12.5 Å². The van der Waals surface area contributed by atoms with E-state index in [9.17, 15) is 34.8 Å². The standard InChI is InChI=1S/C8H7F6N3O3S/c9-7(10,11)3-2-17-4(1-15)5(20-8(12,13)14)6(3)21(16,18)19/h2H,1,15H2,(H2,16,18,19). The number of aromatic nitrogens is 1. The maximum Gasteiger partial charge on any atom is 0.573 e. The Labute approximate surface area is 113 Å². The average Bonchev–Trinajstić information content (AvgIpc) is 2.23. The Balaban J connectivity index is 3.80. The molecule has 13 heteroatoms. The van der Waals surface area contributed by atoms with Crippen LogP contribution in [0, 0.1) is 0 Å². The molecule has 6 nitrogen and oxygen atoms in total. The predicted octanol–water partition coefficient (Wildman–Crippen LogP) is 1.11. The molecule has 0 radical (unpaired) electrons. The van der Waals surface area contributed by atoms with Crippen molar-refractivity contribution in [1.82, 2.24) is 4.98 Å². The molecule has 0 unspecified atom stereocenters. The van der Waals surface area contributed by atoms with Crippen molar-refractivity contribution in [3.05, 3.63) is 17.5 Å². The highest BCUT2D eigenvalue weighted by Gasteiger charge is 2.43. The highest BCUT2D eigenvalue weighted by Crippen LogP contribution is 2.40. The van der Waals surface area contributed by atoms with Crippen LogP contribution in [0.1, 0.15) is 11.3 Å². The summed E-state index contributed by atoms with van der Waals surface area (Å²) in [6, 6.07) is 0. The number of alkyl halides is 6. The van der Waals surface area contributed by atoms with Crippen LogP contribution in [0.3, 0.4) is 0 Å². The molecule has 1 rings (SSSR count). The van der Waals surface area contributed by atoms with Gasteiger partial charge in [-0.3, -0.25) is 4.98 Å². The molecule has 0 atom stereocenters. The van der Waals surface area contributed by atoms with Gasteiger partial charge in [-0.25, -0.2) is 13.6 Å². The molecule has 0 spiro atoms. The summed E-state index contributed by atoms with van der Waals surface area (Å²) in [5.74, 6) is -1.69. The van der Waals surface area contributed by atoms with E-state index in [2.05, 4.69) is 14.9 Å². The lowest BCUT2D eigenvalue weighted by atomic mass is 10.2. The lowest BCUT2D eigenvalue weighted by Crippen LogP contribution is -2.26. The Morgan fingerprint density at radius 2 is 1.71 bits per heavy atom. The predicted molar refractivity (Wildman–Crippen MR) is 55.2 cm³/mol. The van der Waals surface area contributed by atoms with Gasteiger partial charge < -0.3 is 10.5 Å². The van der Waals surface area contributed by atoms with Gasteiger partial charge in [0.1, 0.15) is 4.90 Å². The third-order valence-electron chi connectivity index (χ3n) is 2.06. The summed E-state index contributed by atoms with van der Waals surface area (Å²) in [4.78, 5) is 1.16. The summed E-state index contributed by atoms with van der Waals surface area (Å²) in [7, 11) is -5.19. The van der Waals surface area contributed by atoms with Gasteiger partial charge in [-0.15, -0.1) is 13.2 Å². The summed E-state index contributed by atoms with van der Waals surface area (Å²) >= 11 is 0. The summed E-state index contributed by atoms with van der Waals surface area (Å²) in [5, 5.41) is 4.55. The Hall–Kier alpha value is -1.60. The van der Waals surface area contributed by atoms with Crippen LogP contribution in [0.15, 0.2) is 11.1 Å². The molecule has 0 aliphatic heterocycles. The van der Waals surface area contributed by atoms with Crippen molar-refractivity contribution in [3.8, 4) is 5.75 Å². The Bertz CT molecular complexity index is 640. The van der Waals surface area contributed by atoms with E-state index in [4.69, 9.17) is 5.73 Å². The Morgan fingerprint density at radius 1 is 1.19 bits per heavy atom. The Morgan fingerprint density at radius 3 is 2.05 bits per heavy atom. The summed E-state index contributed by atoms with van der Waals surface area (Å²) in [6.07, 6.45) is -10.8. The molecule has 4 N–H and O–H groups in total. The van der Waals surface area contributed by atoms with E-state index in [1.165, 1.54) is 0 Å². The molecule has 0 fully saturated rings. The minimum Gasteiger partial charge on any atom is -0.402 e. The van der Waals surface area contributed by atoms with E-state index in [1.807, 2.05) is 0 Å². The second-order valence-electron chi connectivity index (χ2n) is 3.57. The first-order valence-electron chi connectivity index (χ1n) is 4.85. The molecule has 1 aromatic rings. The SMILES string of the molecule is NCc1ncc(C(F)(F)F)c(S(N)(=O)=O)c1OC(F)(F)F. The van der Waals surface area contributed by atoms with Crippen molar-refractivity contribution in [2.45, 2.75) is 24.0 Å². The quantitative estimate of drug-likeness (QED) is 0.802. The number of sulfonamides is 1. The maximum absolute atomic E-state index is 12.7. The van der Waals surface area contributed by atoms with Crippen LogP contribution < -0.4 is 15.6 Å². The number of rotatable bonds is 3. The molecule has 21 heavy (non-hydrogen) atoms. The second kappa shape index (κ2) is 5.31. The van der Waals surface area contributed by atoms with Gasteiger partial charge in [0.25, 0.3) is 0 Å². The van der Waals surface area contributed by atoms with Gasteiger partial charge in [-0.2, -0.15) is 13.2 Å². The zero-order valence-electron chi connectivity index (χ0n) is 9.79. The number of ether oxygens (including phenoxy) is 1. The number of halogens is 6. The van der Waals surface area contributed by atoms with Gasteiger partial charge in [0.15, 0.2) is 5.75 Å². The second-order valence-corrected chi connectivity index (χ2v) is 5.07. The van der Waals surface area contributed by atoms with Gasteiger partial charge in [0.2, 0.25) is 10.0 Å². The molecule has 1 aromatic heterocycles. The van der Waals surface area contributed by atoms with Crippen molar-refractivity contribution < 1.29 is 39.5 Å². The average molecular weight is 339 g/mol. The van der Waals surface area contributed by atoms with Crippen LogP contribution in [0.5, 0.6) is 5.75 Å². The normalized spacial score (nSPS) is 13.3. The largest absolute Gasteiger partial charge is 0.573 e. The summed E-state index contributed by atoms with van der Waals surface area (Å²) in [6.45, 7) is -0.800. The van der Waals surface area contributed by atoms with Crippen LogP contribution in [0.4, 0.5) is 26.3 Å². The number of nitrogens with two attached hydrogens (primary N) is 2.